The predicted molar refractivity (Wildman–Crippen MR) is 75.8 cm³/mol. The maximum atomic E-state index is 14.1. The lowest BCUT2D eigenvalue weighted by molar-refractivity contribution is -0.123. The molecule has 0 radical (unpaired) electrons. The third kappa shape index (κ3) is 2.13. The van der Waals surface area contributed by atoms with E-state index in [9.17, 15) is 9.18 Å². The standard InChI is InChI=1S/C14H15FN4O/c15-9-7-10(16)8-3-1-5-17-12(8)13(9)19-11-4-2-6-18-14(11)20/h1,3,5,7,11,19H,2,4,6,16H2,(H,18,20). The quantitative estimate of drug-likeness (QED) is 0.727. The van der Waals surface area contributed by atoms with Gasteiger partial charge in [0.1, 0.15) is 6.04 Å². The molecule has 4 N–H and O–H groups in total. The summed E-state index contributed by atoms with van der Waals surface area (Å²) in [6.07, 6.45) is 3.11. The van der Waals surface area contributed by atoms with Gasteiger partial charge in [0.2, 0.25) is 5.91 Å². The van der Waals surface area contributed by atoms with Gasteiger partial charge in [-0.15, -0.1) is 0 Å². The molecule has 1 aliphatic rings. The molecule has 1 aromatic carbocycles. The Bertz CT molecular complexity index is 674. The van der Waals surface area contributed by atoms with Crippen molar-refractivity contribution in [3.63, 3.8) is 0 Å². The van der Waals surface area contributed by atoms with E-state index in [2.05, 4.69) is 15.6 Å². The third-order valence-corrected chi connectivity index (χ3v) is 3.48. The number of nitrogens with zero attached hydrogens (tertiary/aromatic N) is 1. The topological polar surface area (TPSA) is 80.0 Å². The van der Waals surface area contributed by atoms with E-state index in [0.717, 1.165) is 6.42 Å². The van der Waals surface area contributed by atoms with Crippen molar-refractivity contribution >= 4 is 28.2 Å². The van der Waals surface area contributed by atoms with E-state index in [4.69, 9.17) is 5.73 Å². The summed E-state index contributed by atoms with van der Waals surface area (Å²) in [4.78, 5) is 16.0. The van der Waals surface area contributed by atoms with Gasteiger partial charge in [-0.2, -0.15) is 0 Å². The van der Waals surface area contributed by atoms with Gasteiger partial charge in [0.05, 0.1) is 11.2 Å². The van der Waals surface area contributed by atoms with Crippen LogP contribution in [0, 0.1) is 5.82 Å². The Kier molecular flexibility index (Phi) is 3.14. The van der Waals surface area contributed by atoms with Gasteiger partial charge in [-0.3, -0.25) is 9.78 Å². The maximum absolute atomic E-state index is 14.1. The van der Waals surface area contributed by atoms with Gasteiger partial charge in [-0.05, 0) is 31.0 Å². The van der Waals surface area contributed by atoms with Crippen LogP contribution in [0.1, 0.15) is 12.8 Å². The minimum absolute atomic E-state index is 0.114. The number of amides is 1. The number of nitrogens with one attached hydrogen (secondary N) is 2. The first-order valence-electron chi connectivity index (χ1n) is 6.54. The van der Waals surface area contributed by atoms with Crippen LogP contribution in [0.5, 0.6) is 0 Å². The number of hydrogen-bond acceptors (Lipinski definition) is 4. The highest BCUT2D eigenvalue weighted by Crippen LogP contribution is 2.30. The van der Waals surface area contributed by atoms with E-state index in [1.807, 2.05) is 0 Å². The van der Waals surface area contributed by atoms with E-state index >= 15 is 0 Å². The highest BCUT2D eigenvalue weighted by atomic mass is 19.1. The van der Waals surface area contributed by atoms with Crippen molar-refractivity contribution in [1.82, 2.24) is 10.3 Å². The Balaban J connectivity index is 2.04. The van der Waals surface area contributed by atoms with Crippen LogP contribution in [-0.4, -0.2) is 23.5 Å². The van der Waals surface area contributed by atoms with Crippen LogP contribution in [0.15, 0.2) is 24.4 Å². The number of fused-ring (bicyclic) bond motifs is 1. The molecule has 0 saturated carbocycles. The van der Waals surface area contributed by atoms with Crippen molar-refractivity contribution in [2.24, 2.45) is 0 Å². The van der Waals surface area contributed by atoms with Gasteiger partial charge >= 0.3 is 0 Å². The summed E-state index contributed by atoms with van der Waals surface area (Å²) in [7, 11) is 0. The number of rotatable bonds is 2. The SMILES string of the molecule is Nc1cc(F)c(NC2CCCNC2=O)c2ncccc12. The Hall–Kier alpha value is -2.37. The van der Waals surface area contributed by atoms with Crippen molar-refractivity contribution < 1.29 is 9.18 Å². The fourth-order valence-electron chi connectivity index (χ4n) is 2.46. The minimum atomic E-state index is -0.493. The minimum Gasteiger partial charge on any atom is -0.398 e. The number of aromatic nitrogens is 1. The van der Waals surface area contributed by atoms with Crippen molar-refractivity contribution in [3.8, 4) is 0 Å². The van der Waals surface area contributed by atoms with Crippen LogP contribution in [0.4, 0.5) is 15.8 Å². The molecular formula is C14H15FN4O. The monoisotopic (exact) mass is 274 g/mol. The largest absolute Gasteiger partial charge is 0.398 e. The number of piperidine rings is 1. The van der Waals surface area contributed by atoms with Crippen molar-refractivity contribution in [3.05, 3.63) is 30.2 Å². The Morgan fingerprint density at radius 2 is 2.35 bits per heavy atom. The average molecular weight is 274 g/mol. The number of nitrogen functional groups attached to an aromatic ring is 1. The third-order valence-electron chi connectivity index (χ3n) is 3.48. The number of halogens is 1. The van der Waals surface area contributed by atoms with E-state index in [1.165, 1.54) is 6.07 Å². The van der Waals surface area contributed by atoms with Crippen molar-refractivity contribution in [2.75, 3.05) is 17.6 Å². The highest BCUT2D eigenvalue weighted by Gasteiger charge is 2.24. The van der Waals surface area contributed by atoms with E-state index < -0.39 is 11.9 Å². The first kappa shape index (κ1) is 12.7. The lowest BCUT2D eigenvalue weighted by Crippen LogP contribution is -2.44. The first-order valence-corrected chi connectivity index (χ1v) is 6.54. The number of carbonyl (C=O) groups is 1. The van der Waals surface area contributed by atoms with Crippen LogP contribution >= 0.6 is 0 Å². The Labute approximate surface area is 115 Å². The lowest BCUT2D eigenvalue weighted by atomic mass is 10.1. The fourth-order valence-corrected chi connectivity index (χ4v) is 2.46. The van der Waals surface area contributed by atoms with Crippen LogP contribution in [0.25, 0.3) is 10.9 Å². The number of anilines is 2. The molecule has 1 unspecified atom stereocenters. The zero-order valence-corrected chi connectivity index (χ0v) is 10.8. The number of carbonyl (C=O) groups excluding carboxylic acids is 1. The molecule has 5 nitrogen and oxygen atoms in total. The highest BCUT2D eigenvalue weighted by molar-refractivity contribution is 5.99. The van der Waals surface area contributed by atoms with Crippen molar-refractivity contribution in [1.29, 1.82) is 0 Å². The molecule has 2 aromatic rings. The second kappa shape index (κ2) is 4.96. The number of hydrogen-bond donors (Lipinski definition) is 3. The second-order valence-corrected chi connectivity index (χ2v) is 4.85. The molecule has 1 fully saturated rings. The zero-order valence-electron chi connectivity index (χ0n) is 10.8. The van der Waals surface area contributed by atoms with Gasteiger partial charge < -0.3 is 16.4 Å². The van der Waals surface area contributed by atoms with Gasteiger partial charge in [-0.25, -0.2) is 4.39 Å². The van der Waals surface area contributed by atoms with E-state index in [0.29, 0.717) is 29.6 Å². The summed E-state index contributed by atoms with van der Waals surface area (Å²) in [5, 5.41) is 6.40. The van der Waals surface area contributed by atoms with Crippen LogP contribution in [-0.2, 0) is 4.79 Å². The smallest absolute Gasteiger partial charge is 0.242 e. The lowest BCUT2D eigenvalue weighted by Gasteiger charge is -2.24. The predicted octanol–water partition coefficient (Wildman–Crippen LogP) is 1.65. The average Bonchev–Trinajstić information content (AvgIpc) is 2.45. The fraction of sp³-hybridized carbons (Fsp3) is 0.286. The summed E-state index contributed by atoms with van der Waals surface area (Å²) in [5.41, 5.74) is 6.82. The molecule has 0 aliphatic carbocycles. The molecule has 1 saturated heterocycles. The molecule has 1 amide bonds. The number of pyridine rings is 1. The molecule has 2 heterocycles. The number of benzene rings is 1. The summed E-state index contributed by atoms with van der Waals surface area (Å²) in [5.74, 6) is -0.608. The summed E-state index contributed by atoms with van der Waals surface area (Å²) in [6.45, 7) is 0.667. The van der Waals surface area contributed by atoms with Gasteiger partial charge in [0.25, 0.3) is 0 Å². The molecule has 3 rings (SSSR count). The number of nitrogens with two attached hydrogens (primary N) is 1. The van der Waals surface area contributed by atoms with Crippen molar-refractivity contribution in [2.45, 2.75) is 18.9 Å². The second-order valence-electron chi connectivity index (χ2n) is 4.85. The first-order chi connectivity index (χ1) is 9.66. The Morgan fingerprint density at radius 1 is 1.50 bits per heavy atom. The zero-order chi connectivity index (χ0) is 14.1. The maximum Gasteiger partial charge on any atom is 0.242 e. The summed E-state index contributed by atoms with van der Waals surface area (Å²) >= 11 is 0. The molecule has 1 atom stereocenters. The van der Waals surface area contributed by atoms with E-state index in [1.54, 1.807) is 18.3 Å². The Morgan fingerprint density at radius 3 is 3.15 bits per heavy atom. The molecule has 1 aliphatic heterocycles. The molecule has 104 valence electrons. The normalized spacial score (nSPS) is 18.9. The molecule has 20 heavy (non-hydrogen) atoms. The molecule has 1 aromatic heterocycles. The summed E-state index contributed by atoms with van der Waals surface area (Å²) < 4.78 is 14.1. The van der Waals surface area contributed by atoms with Gasteiger partial charge in [0, 0.05) is 23.8 Å². The molecule has 0 spiro atoms. The van der Waals surface area contributed by atoms with E-state index in [-0.39, 0.29) is 11.6 Å². The van der Waals surface area contributed by atoms with Crippen LogP contribution < -0.4 is 16.4 Å². The molecule has 6 heteroatoms. The molecular weight excluding hydrogens is 259 g/mol. The van der Waals surface area contributed by atoms with Gasteiger partial charge in [0.15, 0.2) is 5.82 Å². The van der Waals surface area contributed by atoms with Crippen LogP contribution in [0.2, 0.25) is 0 Å². The van der Waals surface area contributed by atoms with Gasteiger partial charge in [-0.1, -0.05) is 0 Å². The molecule has 0 bridgehead atoms. The summed E-state index contributed by atoms with van der Waals surface area (Å²) in [6, 6.07) is 4.34. The van der Waals surface area contributed by atoms with Crippen LogP contribution in [0.3, 0.4) is 0 Å².